The van der Waals surface area contributed by atoms with Crippen LogP contribution in [0, 0.1) is 5.92 Å². The van der Waals surface area contributed by atoms with Gasteiger partial charge in [-0.3, -0.25) is 14.5 Å². The van der Waals surface area contributed by atoms with E-state index in [-0.39, 0.29) is 29.2 Å². The molecule has 1 heterocycles. The first-order chi connectivity index (χ1) is 14.6. The minimum atomic E-state index is -3.77. The maximum Gasteiger partial charge on any atom is 0.238 e. The van der Waals surface area contributed by atoms with Crippen LogP contribution in [0.2, 0.25) is 10.0 Å². The third-order valence-electron chi connectivity index (χ3n) is 4.98. The minimum Gasteiger partial charge on any atom is -0.326 e. The summed E-state index contributed by atoms with van der Waals surface area (Å²) < 4.78 is 22.6. The molecule has 8 nitrogen and oxygen atoms in total. The molecular weight excluding hydrogens is 463 g/mol. The van der Waals surface area contributed by atoms with Crippen LogP contribution in [0.1, 0.15) is 12.8 Å². The Labute approximate surface area is 190 Å². The first kappa shape index (κ1) is 23.5. The molecule has 11 heteroatoms. The topological polar surface area (TPSA) is 122 Å². The van der Waals surface area contributed by atoms with Gasteiger partial charge in [-0.15, -0.1) is 0 Å². The number of nitrogens with one attached hydrogen (secondary N) is 2. The van der Waals surface area contributed by atoms with Crippen LogP contribution in [-0.4, -0.2) is 44.8 Å². The number of hydrogen-bond acceptors (Lipinski definition) is 5. The normalized spacial score (nSPS) is 15.5. The van der Waals surface area contributed by atoms with Crippen LogP contribution in [0.25, 0.3) is 0 Å². The number of halogens is 2. The lowest BCUT2D eigenvalue weighted by atomic mass is 9.96. The van der Waals surface area contributed by atoms with Gasteiger partial charge in [0.05, 0.1) is 21.5 Å². The summed E-state index contributed by atoms with van der Waals surface area (Å²) >= 11 is 11.8. The molecule has 0 unspecified atom stereocenters. The molecule has 2 aromatic rings. The van der Waals surface area contributed by atoms with E-state index in [0.717, 1.165) is 0 Å². The third kappa shape index (κ3) is 6.65. The Bertz CT molecular complexity index is 1070. The standard InChI is InChI=1S/C20H22Cl2N4O4S/c21-17-6-3-15(11-18(17)22)24-19(27)12-26-9-7-13(8-10-26)20(28)25-14-1-4-16(5-2-14)31(23,29)30/h1-6,11,13H,7-10,12H2,(H,24,27)(H,25,28)(H2,23,29,30). The number of likely N-dealkylation sites (tertiary alicyclic amines) is 1. The summed E-state index contributed by atoms with van der Waals surface area (Å²) in [7, 11) is -3.77. The molecule has 0 spiro atoms. The number of primary sulfonamides is 1. The average Bonchev–Trinajstić information content (AvgIpc) is 2.71. The van der Waals surface area contributed by atoms with Gasteiger partial charge in [0.1, 0.15) is 0 Å². The molecule has 1 aliphatic heterocycles. The quantitative estimate of drug-likeness (QED) is 0.581. The number of nitrogens with zero attached hydrogens (tertiary/aromatic N) is 1. The van der Waals surface area contributed by atoms with Crippen LogP contribution in [0.3, 0.4) is 0 Å². The van der Waals surface area contributed by atoms with Crippen LogP contribution >= 0.6 is 23.2 Å². The summed E-state index contributed by atoms with van der Waals surface area (Å²) in [5, 5.41) is 11.4. The first-order valence-electron chi connectivity index (χ1n) is 9.53. The number of sulfonamides is 1. The van der Waals surface area contributed by atoms with Crippen molar-refractivity contribution in [1.29, 1.82) is 0 Å². The zero-order valence-electron chi connectivity index (χ0n) is 16.5. The zero-order valence-corrected chi connectivity index (χ0v) is 18.8. The highest BCUT2D eigenvalue weighted by atomic mass is 35.5. The van der Waals surface area contributed by atoms with Crippen LogP contribution in [-0.2, 0) is 19.6 Å². The molecule has 3 rings (SSSR count). The van der Waals surface area contributed by atoms with Gasteiger partial charge in [-0.2, -0.15) is 0 Å². The largest absolute Gasteiger partial charge is 0.326 e. The molecule has 0 radical (unpaired) electrons. The second-order valence-corrected chi connectivity index (χ2v) is 9.66. The maximum absolute atomic E-state index is 12.5. The smallest absolute Gasteiger partial charge is 0.238 e. The van der Waals surface area contributed by atoms with Gasteiger partial charge in [-0.05, 0) is 68.4 Å². The number of carbonyl (C=O) groups is 2. The maximum atomic E-state index is 12.5. The molecule has 2 aromatic carbocycles. The summed E-state index contributed by atoms with van der Waals surface area (Å²) in [5.74, 6) is -0.494. The zero-order chi connectivity index (χ0) is 22.6. The molecule has 2 amide bonds. The van der Waals surface area contributed by atoms with E-state index in [0.29, 0.717) is 47.4 Å². The number of rotatable bonds is 6. The van der Waals surface area contributed by atoms with Crippen molar-refractivity contribution >= 4 is 56.4 Å². The minimum absolute atomic E-state index is 0.0158. The van der Waals surface area contributed by atoms with Crippen molar-refractivity contribution in [2.45, 2.75) is 17.7 Å². The van der Waals surface area contributed by atoms with Gasteiger partial charge < -0.3 is 10.6 Å². The summed E-state index contributed by atoms with van der Waals surface area (Å²) in [6, 6.07) is 10.6. The van der Waals surface area contributed by atoms with Crippen molar-refractivity contribution in [3.8, 4) is 0 Å². The van der Waals surface area contributed by atoms with Gasteiger partial charge in [0.15, 0.2) is 0 Å². The van der Waals surface area contributed by atoms with E-state index in [4.69, 9.17) is 28.3 Å². The number of benzene rings is 2. The van der Waals surface area contributed by atoms with Gasteiger partial charge in [0.25, 0.3) is 0 Å². The van der Waals surface area contributed by atoms with E-state index in [9.17, 15) is 18.0 Å². The molecule has 166 valence electrons. The second kappa shape index (κ2) is 9.97. The molecule has 0 saturated carbocycles. The predicted molar refractivity (Wildman–Crippen MR) is 121 cm³/mol. The molecular formula is C20H22Cl2N4O4S. The molecule has 0 bridgehead atoms. The van der Waals surface area contributed by atoms with Crippen LogP contribution in [0.15, 0.2) is 47.4 Å². The van der Waals surface area contributed by atoms with Crippen LogP contribution in [0.4, 0.5) is 11.4 Å². The summed E-state index contributed by atoms with van der Waals surface area (Å²) in [6.07, 6.45) is 1.22. The Morgan fingerprint density at radius 2 is 1.58 bits per heavy atom. The van der Waals surface area contributed by atoms with Gasteiger partial charge in [0, 0.05) is 17.3 Å². The second-order valence-electron chi connectivity index (χ2n) is 7.29. The fraction of sp³-hybridized carbons (Fsp3) is 0.300. The lowest BCUT2D eigenvalue weighted by molar-refractivity contribution is -0.121. The van der Waals surface area contributed by atoms with E-state index in [2.05, 4.69) is 10.6 Å². The van der Waals surface area contributed by atoms with Crippen molar-refractivity contribution in [1.82, 2.24) is 4.90 Å². The van der Waals surface area contributed by atoms with Crippen molar-refractivity contribution in [3.05, 3.63) is 52.5 Å². The summed E-state index contributed by atoms with van der Waals surface area (Å²) in [6.45, 7) is 1.43. The molecule has 1 saturated heterocycles. The van der Waals surface area contributed by atoms with E-state index in [1.165, 1.54) is 24.3 Å². The van der Waals surface area contributed by atoms with Gasteiger partial charge >= 0.3 is 0 Å². The number of amides is 2. The van der Waals surface area contributed by atoms with Crippen molar-refractivity contribution in [2.24, 2.45) is 11.1 Å². The SMILES string of the molecule is NS(=O)(=O)c1ccc(NC(=O)C2CCN(CC(=O)Nc3ccc(Cl)c(Cl)c3)CC2)cc1. The third-order valence-corrected chi connectivity index (χ3v) is 6.65. The molecule has 0 aliphatic carbocycles. The van der Waals surface area contributed by atoms with E-state index in [1.54, 1.807) is 18.2 Å². The molecule has 1 fully saturated rings. The van der Waals surface area contributed by atoms with E-state index >= 15 is 0 Å². The Morgan fingerprint density at radius 3 is 2.16 bits per heavy atom. The summed E-state index contributed by atoms with van der Waals surface area (Å²) in [5.41, 5.74) is 1.07. The van der Waals surface area contributed by atoms with E-state index in [1.807, 2.05) is 4.90 Å². The fourth-order valence-electron chi connectivity index (χ4n) is 3.30. The summed E-state index contributed by atoms with van der Waals surface area (Å²) in [4.78, 5) is 26.7. The first-order valence-corrected chi connectivity index (χ1v) is 11.8. The highest BCUT2D eigenvalue weighted by Gasteiger charge is 2.26. The van der Waals surface area contributed by atoms with E-state index < -0.39 is 10.0 Å². The number of carbonyl (C=O) groups excluding carboxylic acids is 2. The molecule has 4 N–H and O–H groups in total. The van der Waals surface area contributed by atoms with Gasteiger partial charge in [-0.25, -0.2) is 13.6 Å². The highest BCUT2D eigenvalue weighted by molar-refractivity contribution is 7.89. The number of anilines is 2. The fourth-order valence-corrected chi connectivity index (χ4v) is 4.12. The molecule has 0 atom stereocenters. The molecule has 1 aliphatic rings. The number of nitrogens with two attached hydrogens (primary N) is 1. The number of piperidine rings is 1. The lowest BCUT2D eigenvalue weighted by Gasteiger charge is -2.30. The van der Waals surface area contributed by atoms with Crippen molar-refractivity contribution in [3.63, 3.8) is 0 Å². The van der Waals surface area contributed by atoms with Crippen LogP contribution in [0.5, 0.6) is 0 Å². The van der Waals surface area contributed by atoms with Crippen molar-refractivity contribution in [2.75, 3.05) is 30.3 Å². The molecule has 31 heavy (non-hydrogen) atoms. The number of hydrogen-bond donors (Lipinski definition) is 3. The molecule has 0 aromatic heterocycles. The van der Waals surface area contributed by atoms with Crippen LogP contribution < -0.4 is 15.8 Å². The Kier molecular flexibility index (Phi) is 7.55. The Morgan fingerprint density at radius 1 is 0.968 bits per heavy atom. The van der Waals surface area contributed by atoms with Gasteiger partial charge in [0.2, 0.25) is 21.8 Å². The van der Waals surface area contributed by atoms with Gasteiger partial charge in [-0.1, -0.05) is 23.2 Å². The van der Waals surface area contributed by atoms with Crippen molar-refractivity contribution < 1.29 is 18.0 Å². The highest BCUT2D eigenvalue weighted by Crippen LogP contribution is 2.25. The predicted octanol–water partition coefficient (Wildman–Crippen LogP) is 2.93. The monoisotopic (exact) mass is 484 g/mol. The Balaban J connectivity index is 1.45. The Hall–Kier alpha value is -2.17. The lowest BCUT2D eigenvalue weighted by Crippen LogP contribution is -2.41. The average molecular weight is 485 g/mol.